The minimum Gasteiger partial charge on any atom is -0.356 e. The van der Waals surface area contributed by atoms with Gasteiger partial charge in [-0.15, -0.1) is 0 Å². The summed E-state index contributed by atoms with van der Waals surface area (Å²) < 4.78 is 39.1. The molecule has 1 saturated carbocycles. The normalized spacial score (nSPS) is 19.8. The second-order valence-corrected chi connectivity index (χ2v) is 9.40. The zero-order chi connectivity index (χ0) is 23.5. The molecule has 0 radical (unpaired) electrons. The van der Waals surface area contributed by atoms with Crippen LogP contribution in [-0.2, 0) is 17.8 Å². The lowest BCUT2D eigenvalue weighted by atomic mass is 9.97. The first-order valence-corrected chi connectivity index (χ1v) is 11.1. The van der Waals surface area contributed by atoms with Gasteiger partial charge in [0.1, 0.15) is 23.7 Å². The molecule has 7 nitrogen and oxygen atoms in total. The van der Waals surface area contributed by atoms with Crippen LogP contribution in [0.5, 0.6) is 0 Å². The highest BCUT2D eigenvalue weighted by atomic mass is 19.4. The molecule has 1 aliphatic heterocycles. The average Bonchev–Trinajstić information content (AvgIpc) is 3.30. The van der Waals surface area contributed by atoms with Crippen molar-refractivity contribution in [3.63, 3.8) is 0 Å². The van der Waals surface area contributed by atoms with E-state index in [0.29, 0.717) is 30.5 Å². The van der Waals surface area contributed by atoms with E-state index in [9.17, 15) is 22.8 Å². The van der Waals surface area contributed by atoms with Gasteiger partial charge in [-0.25, -0.2) is 4.98 Å². The van der Waals surface area contributed by atoms with Crippen molar-refractivity contribution < 1.29 is 18.0 Å². The zero-order valence-corrected chi connectivity index (χ0v) is 18.5. The summed E-state index contributed by atoms with van der Waals surface area (Å²) in [6.45, 7) is 5.43. The molecule has 2 fully saturated rings. The monoisotopic (exact) mass is 453 g/mol. The minimum atomic E-state index is -4.30. The summed E-state index contributed by atoms with van der Waals surface area (Å²) >= 11 is 0. The molecule has 1 N–H and O–H groups in total. The number of nitrogens with one attached hydrogen (secondary N) is 1. The molecule has 1 aromatic heterocycles. The number of aromatic nitrogens is 2. The van der Waals surface area contributed by atoms with Crippen LogP contribution in [-0.4, -0.2) is 40.3 Å². The number of rotatable bonds is 9. The van der Waals surface area contributed by atoms with Crippen molar-refractivity contribution in [3.05, 3.63) is 22.2 Å². The third-order valence-electron chi connectivity index (χ3n) is 5.99. The molecule has 0 bridgehead atoms. The molecule has 10 heteroatoms. The molecule has 0 spiro atoms. The van der Waals surface area contributed by atoms with Gasteiger partial charge in [-0.3, -0.25) is 14.2 Å². The van der Waals surface area contributed by atoms with Crippen molar-refractivity contribution in [2.75, 3.05) is 18.0 Å². The SMILES string of the molecule is CC(C)CC1CCN(c2cc(=O)n(CC(=O)NC3(C#N)CC3)c(CCCC(F)(F)F)n2)C1. The third-order valence-corrected chi connectivity index (χ3v) is 5.99. The molecule has 1 atom stereocenters. The number of hydrogen-bond donors (Lipinski definition) is 1. The second kappa shape index (κ2) is 9.51. The highest BCUT2D eigenvalue weighted by molar-refractivity contribution is 5.77. The molecule has 1 amide bonds. The van der Waals surface area contributed by atoms with E-state index in [1.165, 1.54) is 6.07 Å². The van der Waals surface area contributed by atoms with E-state index in [-0.39, 0.29) is 25.2 Å². The maximum atomic E-state index is 12.9. The van der Waals surface area contributed by atoms with Gasteiger partial charge in [-0.1, -0.05) is 13.8 Å². The average molecular weight is 454 g/mol. The number of anilines is 1. The summed E-state index contributed by atoms with van der Waals surface area (Å²) in [6, 6.07) is 3.40. The van der Waals surface area contributed by atoms with Crippen LogP contribution in [0.25, 0.3) is 0 Å². The number of nitriles is 1. The van der Waals surface area contributed by atoms with Gasteiger partial charge < -0.3 is 10.2 Å². The molecular formula is C22H30F3N5O2. The Morgan fingerprint density at radius 1 is 1.41 bits per heavy atom. The summed E-state index contributed by atoms with van der Waals surface area (Å²) in [6.07, 6.45) is -2.45. The first-order valence-electron chi connectivity index (χ1n) is 11.1. The Bertz CT molecular complexity index is 931. The minimum absolute atomic E-state index is 0.0669. The number of carbonyl (C=O) groups excluding carboxylic acids is 1. The van der Waals surface area contributed by atoms with Crippen molar-refractivity contribution in [1.29, 1.82) is 5.26 Å². The standard InChI is InChI=1S/C22H30F3N5O2/c1-15(2)10-16-5-9-29(12-16)18-11-20(32)30(13-19(31)28-21(14-26)7-8-21)17(27-18)4-3-6-22(23,24)25/h11,15-16H,3-10,12-13H2,1-2H3,(H,28,31). The maximum absolute atomic E-state index is 12.9. The summed E-state index contributed by atoms with van der Waals surface area (Å²) in [5.74, 6) is 1.15. The van der Waals surface area contributed by atoms with Gasteiger partial charge in [0.25, 0.3) is 5.56 Å². The highest BCUT2D eigenvalue weighted by Gasteiger charge is 2.44. The molecule has 176 valence electrons. The topological polar surface area (TPSA) is 91.0 Å². The molecule has 2 aliphatic rings. The molecule has 0 aromatic carbocycles. The third kappa shape index (κ3) is 6.47. The number of nitrogens with zero attached hydrogens (tertiary/aromatic N) is 4. The first kappa shape index (κ1) is 24.1. The fraction of sp³-hybridized carbons (Fsp3) is 0.727. The predicted octanol–water partition coefficient (Wildman–Crippen LogP) is 3.17. The largest absolute Gasteiger partial charge is 0.389 e. The van der Waals surface area contributed by atoms with Gasteiger partial charge >= 0.3 is 6.18 Å². The lowest BCUT2D eigenvalue weighted by Gasteiger charge is -2.21. The fourth-order valence-electron chi connectivity index (χ4n) is 4.25. The van der Waals surface area contributed by atoms with Crippen LogP contribution in [0, 0.1) is 23.2 Å². The molecule has 1 saturated heterocycles. The summed E-state index contributed by atoms with van der Waals surface area (Å²) in [7, 11) is 0. The van der Waals surface area contributed by atoms with Crippen molar-refractivity contribution in [3.8, 4) is 6.07 Å². The molecule has 3 rings (SSSR count). The number of alkyl halides is 3. The lowest BCUT2D eigenvalue weighted by molar-refractivity contribution is -0.135. The van der Waals surface area contributed by atoms with E-state index in [1.807, 2.05) is 11.0 Å². The van der Waals surface area contributed by atoms with Crippen LogP contribution in [0.3, 0.4) is 0 Å². The number of carbonyl (C=O) groups is 1. The quantitative estimate of drug-likeness (QED) is 0.620. The number of amides is 1. The number of hydrogen-bond acceptors (Lipinski definition) is 5. The van der Waals surface area contributed by atoms with E-state index < -0.39 is 29.6 Å². The zero-order valence-electron chi connectivity index (χ0n) is 18.5. The van der Waals surface area contributed by atoms with Crippen molar-refractivity contribution >= 4 is 11.7 Å². The molecule has 1 aliphatic carbocycles. The van der Waals surface area contributed by atoms with Gasteiger partial charge in [0, 0.05) is 32.0 Å². The Morgan fingerprint density at radius 2 is 2.12 bits per heavy atom. The Morgan fingerprint density at radius 3 is 2.72 bits per heavy atom. The second-order valence-electron chi connectivity index (χ2n) is 9.40. The van der Waals surface area contributed by atoms with Crippen LogP contribution in [0.15, 0.2) is 10.9 Å². The van der Waals surface area contributed by atoms with E-state index in [2.05, 4.69) is 24.1 Å². The van der Waals surface area contributed by atoms with E-state index >= 15 is 0 Å². The Balaban J connectivity index is 1.79. The van der Waals surface area contributed by atoms with Crippen LogP contribution >= 0.6 is 0 Å². The molecule has 32 heavy (non-hydrogen) atoms. The van der Waals surface area contributed by atoms with Gasteiger partial charge in [-0.05, 0) is 43.9 Å². The van der Waals surface area contributed by atoms with Crippen molar-refractivity contribution in [1.82, 2.24) is 14.9 Å². The van der Waals surface area contributed by atoms with Crippen molar-refractivity contribution in [2.24, 2.45) is 11.8 Å². The van der Waals surface area contributed by atoms with Crippen LogP contribution in [0.2, 0.25) is 0 Å². The Kier molecular flexibility index (Phi) is 7.16. The van der Waals surface area contributed by atoms with Gasteiger partial charge in [0.15, 0.2) is 0 Å². The lowest BCUT2D eigenvalue weighted by Crippen LogP contribution is -2.41. The van der Waals surface area contributed by atoms with Crippen LogP contribution < -0.4 is 15.8 Å². The van der Waals surface area contributed by atoms with E-state index in [4.69, 9.17) is 5.26 Å². The summed E-state index contributed by atoms with van der Waals surface area (Å²) in [4.78, 5) is 31.8. The highest BCUT2D eigenvalue weighted by Crippen LogP contribution is 2.34. The van der Waals surface area contributed by atoms with Gasteiger partial charge in [0.2, 0.25) is 5.91 Å². The Labute approximate surface area is 185 Å². The van der Waals surface area contributed by atoms with E-state index in [1.54, 1.807) is 0 Å². The fourth-order valence-corrected chi connectivity index (χ4v) is 4.25. The van der Waals surface area contributed by atoms with Crippen molar-refractivity contribution in [2.45, 2.75) is 77.1 Å². The molecule has 1 unspecified atom stereocenters. The van der Waals surface area contributed by atoms with Crippen LogP contribution in [0.4, 0.5) is 19.0 Å². The van der Waals surface area contributed by atoms with Gasteiger partial charge in [-0.2, -0.15) is 18.4 Å². The molecular weight excluding hydrogens is 423 g/mol. The first-order chi connectivity index (χ1) is 15.0. The summed E-state index contributed by atoms with van der Waals surface area (Å²) in [5, 5.41) is 11.8. The number of halogens is 3. The Hall–Kier alpha value is -2.57. The summed E-state index contributed by atoms with van der Waals surface area (Å²) in [5.41, 5.74) is -1.35. The molecule has 2 heterocycles. The van der Waals surface area contributed by atoms with Gasteiger partial charge in [0.05, 0.1) is 6.07 Å². The molecule has 1 aromatic rings. The van der Waals surface area contributed by atoms with Crippen LogP contribution in [0.1, 0.15) is 58.2 Å². The maximum Gasteiger partial charge on any atom is 0.389 e. The number of aryl methyl sites for hydroxylation is 1. The van der Waals surface area contributed by atoms with E-state index in [0.717, 1.165) is 30.5 Å². The predicted molar refractivity (Wildman–Crippen MR) is 113 cm³/mol. The smallest absolute Gasteiger partial charge is 0.356 e.